The zero-order chi connectivity index (χ0) is 15.0. The van der Waals surface area contributed by atoms with Gasteiger partial charge < -0.3 is 10.0 Å². The van der Waals surface area contributed by atoms with Gasteiger partial charge in [0.25, 0.3) is 0 Å². The molecule has 1 amide bonds. The average Bonchev–Trinajstić information content (AvgIpc) is 2.82. The summed E-state index contributed by atoms with van der Waals surface area (Å²) in [7, 11) is 0. The van der Waals surface area contributed by atoms with Crippen LogP contribution in [0, 0.1) is 5.92 Å². The second-order valence-corrected chi connectivity index (χ2v) is 7.48. The summed E-state index contributed by atoms with van der Waals surface area (Å²) >= 11 is 1.60. The van der Waals surface area contributed by atoms with Crippen LogP contribution >= 0.6 is 11.8 Å². The van der Waals surface area contributed by atoms with Crippen molar-refractivity contribution in [3.05, 3.63) is 35.9 Å². The molecule has 0 aromatic heterocycles. The van der Waals surface area contributed by atoms with Crippen LogP contribution in [0.2, 0.25) is 0 Å². The molecule has 2 saturated heterocycles. The first-order chi connectivity index (χ1) is 10.0. The van der Waals surface area contributed by atoms with Crippen molar-refractivity contribution in [3.63, 3.8) is 0 Å². The van der Waals surface area contributed by atoms with Crippen molar-refractivity contribution in [1.29, 1.82) is 0 Å². The molecule has 4 nitrogen and oxygen atoms in total. The molecule has 2 fully saturated rings. The fourth-order valence-corrected chi connectivity index (χ4v) is 4.77. The summed E-state index contributed by atoms with van der Waals surface area (Å²) in [6, 6.07) is 9.27. The van der Waals surface area contributed by atoms with Crippen molar-refractivity contribution in [1.82, 2.24) is 4.90 Å². The van der Waals surface area contributed by atoms with Crippen molar-refractivity contribution in [3.8, 4) is 0 Å². The Balaban J connectivity index is 1.81. The van der Waals surface area contributed by atoms with E-state index in [1.165, 1.54) is 0 Å². The molecule has 0 bridgehead atoms. The molecule has 5 heteroatoms. The molecule has 1 N–H and O–H groups in total. The Morgan fingerprint density at radius 3 is 2.81 bits per heavy atom. The van der Waals surface area contributed by atoms with Gasteiger partial charge in [-0.2, -0.15) is 0 Å². The molecule has 1 aromatic rings. The summed E-state index contributed by atoms with van der Waals surface area (Å²) in [6.07, 6.45) is 2.40. The fourth-order valence-electron chi connectivity index (χ4n) is 3.34. The van der Waals surface area contributed by atoms with E-state index in [2.05, 4.69) is 0 Å². The van der Waals surface area contributed by atoms with Gasteiger partial charge in [-0.1, -0.05) is 30.3 Å². The van der Waals surface area contributed by atoms with Gasteiger partial charge in [0.1, 0.15) is 6.04 Å². The van der Waals surface area contributed by atoms with Crippen molar-refractivity contribution < 1.29 is 14.7 Å². The van der Waals surface area contributed by atoms with Crippen LogP contribution in [0.15, 0.2) is 30.3 Å². The SMILES string of the molecule is CC12CCC(Cc3ccccc3)C(=O)N1C(C(=O)O)CS2. The van der Waals surface area contributed by atoms with Crippen molar-refractivity contribution in [2.75, 3.05) is 5.75 Å². The van der Waals surface area contributed by atoms with Gasteiger partial charge in [-0.05, 0) is 31.7 Å². The zero-order valence-electron chi connectivity index (χ0n) is 12.0. The molecular weight excluding hydrogens is 286 g/mol. The molecule has 0 radical (unpaired) electrons. The number of hydrogen-bond acceptors (Lipinski definition) is 3. The van der Waals surface area contributed by atoms with E-state index in [-0.39, 0.29) is 16.7 Å². The predicted octanol–water partition coefficient (Wildman–Crippen LogP) is 2.38. The Hall–Kier alpha value is -1.49. The Bertz CT molecular complexity index is 562. The highest BCUT2D eigenvalue weighted by atomic mass is 32.2. The molecule has 112 valence electrons. The number of carboxylic acids is 1. The molecule has 2 heterocycles. The molecular formula is C16H19NO3S. The average molecular weight is 305 g/mol. The molecule has 21 heavy (non-hydrogen) atoms. The van der Waals surface area contributed by atoms with Crippen LogP contribution < -0.4 is 0 Å². The monoisotopic (exact) mass is 305 g/mol. The number of thioether (sulfide) groups is 1. The predicted molar refractivity (Wildman–Crippen MR) is 82.0 cm³/mol. The van der Waals surface area contributed by atoms with Gasteiger partial charge in [-0.3, -0.25) is 4.79 Å². The lowest BCUT2D eigenvalue weighted by Gasteiger charge is -2.43. The molecule has 0 saturated carbocycles. The highest BCUT2D eigenvalue weighted by Gasteiger charge is 2.53. The first-order valence-corrected chi connectivity index (χ1v) is 8.24. The number of fused-ring (bicyclic) bond motifs is 1. The minimum atomic E-state index is -0.889. The van der Waals surface area contributed by atoms with E-state index in [0.29, 0.717) is 12.2 Å². The van der Waals surface area contributed by atoms with Crippen molar-refractivity contribution >= 4 is 23.6 Å². The number of aliphatic carboxylic acids is 1. The summed E-state index contributed by atoms with van der Waals surface area (Å²) in [5, 5.41) is 9.35. The van der Waals surface area contributed by atoms with Gasteiger partial charge in [0.15, 0.2) is 0 Å². The highest BCUT2D eigenvalue weighted by Crippen LogP contribution is 2.47. The van der Waals surface area contributed by atoms with Crippen molar-refractivity contribution in [2.45, 2.75) is 37.1 Å². The number of carbonyl (C=O) groups excluding carboxylic acids is 1. The lowest BCUT2D eigenvalue weighted by atomic mass is 9.86. The Morgan fingerprint density at radius 1 is 1.43 bits per heavy atom. The summed E-state index contributed by atoms with van der Waals surface area (Å²) < 4.78 is 0. The maximum absolute atomic E-state index is 12.8. The lowest BCUT2D eigenvalue weighted by molar-refractivity contribution is -0.156. The van der Waals surface area contributed by atoms with Crippen LogP contribution in [0.3, 0.4) is 0 Å². The van der Waals surface area contributed by atoms with E-state index in [4.69, 9.17) is 0 Å². The first kappa shape index (κ1) is 14.4. The number of nitrogens with zero attached hydrogens (tertiary/aromatic N) is 1. The van der Waals surface area contributed by atoms with E-state index in [0.717, 1.165) is 18.4 Å². The molecule has 2 aliphatic rings. The van der Waals surface area contributed by atoms with E-state index < -0.39 is 12.0 Å². The van der Waals surface area contributed by atoms with Gasteiger partial charge >= 0.3 is 5.97 Å². The number of benzene rings is 1. The van der Waals surface area contributed by atoms with Gasteiger partial charge in [0.05, 0.1) is 4.87 Å². The molecule has 0 aliphatic carbocycles. The molecule has 1 aromatic carbocycles. The third kappa shape index (κ3) is 2.55. The van der Waals surface area contributed by atoms with Gasteiger partial charge in [-0.15, -0.1) is 11.8 Å². The molecule has 0 spiro atoms. The standard InChI is InChI=1S/C16H19NO3S/c1-16-8-7-12(9-11-5-3-2-4-6-11)14(18)17(16)13(10-21-16)15(19)20/h2-6,12-13H,7-10H2,1H3,(H,19,20). The minimum Gasteiger partial charge on any atom is -0.480 e. The summed E-state index contributed by atoms with van der Waals surface area (Å²) in [5.74, 6) is -0.485. The van der Waals surface area contributed by atoms with E-state index in [1.807, 2.05) is 37.3 Å². The first-order valence-electron chi connectivity index (χ1n) is 7.25. The fraction of sp³-hybridized carbons (Fsp3) is 0.500. The number of amides is 1. The van der Waals surface area contributed by atoms with E-state index in [1.54, 1.807) is 16.7 Å². The maximum Gasteiger partial charge on any atom is 0.327 e. The van der Waals surface area contributed by atoms with E-state index in [9.17, 15) is 14.7 Å². The van der Waals surface area contributed by atoms with Gasteiger partial charge in [-0.25, -0.2) is 4.79 Å². The van der Waals surface area contributed by atoms with Crippen LogP contribution in [-0.2, 0) is 16.0 Å². The van der Waals surface area contributed by atoms with Crippen LogP contribution in [0.1, 0.15) is 25.3 Å². The minimum absolute atomic E-state index is 0.00463. The highest BCUT2D eigenvalue weighted by molar-refractivity contribution is 8.00. The number of carbonyl (C=O) groups is 2. The molecule has 3 rings (SSSR count). The second-order valence-electron chi connectivity index (χ2n) is 5.97. The quantitative estimate of drug-likeness (QED) is 0.931. The van der Waals surface area contributed by atoms with Crippen LogP contribution in [0.4, 0.5) is 0 Å². The van der Waals surface area contributed by atoms with Crippen molar-refractivity contribution in [2.24, 2.45) is 5.92 Å². The third-order valence-electron chi connectivity index (χ3n) is 4.53. The van der Waals surface area contributed by atoms with Gasteiger partial charge in [0.2, 0.25) is 5.91 Å². The van der Waals surface area contributed by atoms with E-state index >= 15 is 0 Å². The Morgan fingerprint density at radius 2 is 2.14 bits per heavy atom. The zero-order valence-corrected chi connectivity index (χ0v) is 12.8. The van der Waals surface area contributed by atoms with Crippen LogP contribution in [0.25, 0.3) is 0 Å². The molecule has 3 atom stereocenters. The van der Waals surface area contributed by atoms with Crippen LogP contribution in [-0.4, -0.2) is 38.5 Å². The summed E-state index contributed by atoms with van der Waals surface area (Å²) in [6.45, 7) is 2.00. The number of hydrogen-bond donors (Lipinski definition) is 1. The topological polar surface area (TPSA) is 57.6 Å². The smallest absolute Gasteiger partial charge is 0.327 e. The summed E-state index contributed by atoms with van der Waals surface area (Å²) in [4.78, 5) is 25.5. The normalized spacial score (nSPS) is 32.0. The largest absolute Gasteiger partial charge is 0.480 e. The van der Waals surface area contributed by atoms with Gasteiger partial charge in [0, 0.05) is 11.7 Å². The third-order valence-corrected chi connectivity index (χ3v) is 6.03. The number of piperidine rings is 1. The second kappa shape index (κ2) is 5.37. The lowest BCUT2D eigenvalue weighted by Crippen LogP contribution is -2.56. The van der Waals surface area contributed by atoms with Crippen LogP contribution in [0.5, 0.6) is 0 Å². The molecule has 2 aliphatic heterocycles. The number of carboxylic acid groups (broad SMARTS) is 1. The Labute approximate surface area is 128 Å². The summed E-state index contributed by atoms with van der Waals surface area (Å²) in [5.41, 5.74) is 1.14. The maximum atomic E-state index is 12.8. The Kier molecular flexibility index (Phi) is 3.69. The number of rotatable bonds is 3. The molecule has 3 unspecified atom stereocenters.